The fraction of sp³-hybridized carbons (Fsp3) is 0.167. The van der Waals surface area contributed by atoms with E-state index >= 15 is 0 Å². The van der Waals surface area contributed by atoms with Gasteiger partial charge in [0.2, 0.25) is 0 Å². The van der Waals surface area contributed by atoms with Crippen molar-refractivity contribution in [2.75, 3.05) is 5.73 Å². The van der Waals surface area contributed by atoms with Crippen LogP contribution in [0.15, 0.2) is 36.7 Å². The summed E-state index contributed by atoms with van der Waals surface area (Å²) >= 11 is 5.96. The molecule has 1 atom stereocenters. The average Bonchev–Trinajstić information content (AvgIpc) is 2.32. The lowest BCUT2D eigenvalue weighted by Crippen LogP contribution is -2.07. The second-order valence-corrected chi connectivity index (χ2v) is 4.05. The van der Waals surface area contributed by atoms with Crippen LogP contribution in [0.25, 0.3) is 0 Å². The van der Waals surface area contributed by atoms with Crippen molar-refractivity contribution in [3.05, 3.63) is 52.9 Å². The van der Waals surface area contributed by atoms with Gasteiger partial charge in [-0.25, -0.2) is 4.98 Å². The van der Waals surface area contributed by atoms with Gasteiger partial charge in [0.15, 0.2) is 0 Å². The second kappa shape index (κ2) is 5.12. The molecule has 88 valence electrons. The third-order valence-corrected chi connectivity index (χ3v) is 2.76. The van der Waals surface area contributed by atoms with E-state index in [1.807, 2.05) is 6.07 Å². The predicted octanol–water partition coefficient (Wildman–Crippen LogP) is 1.99. The Kier molecular flexibility index (Phi) is 3.56. The van der Waals surface area contributed by atoms with Crippen LogP contribution in [0.1, 0.15) is 17.4 Å². The van der Waals surface area contributed by atoms with Gasteiger partial charge >= 0.3 is 0 Å². The molecular formula is C12H12ClN3O. The van der Waals surface area contributed by atoms with Gasteiger partial charge < -0.3 is 10.8 Å². The van der Waals surface area contributed by atoms with Crippen molar-refractivity contribution in [3.63, 3.8) is 0 Å². The zero-order valence-corrected chi connectivity index (χ0v) is 9.80. The first-order chi connectivity index (χ1) is 8.18. The van der Waals surface area contributed by atoms with Gasteiger partial charge in [-0.2, -0.15) is 0 Å². The number of pyridine rings is 2. The number of aliphatic hydroxyl groups is 1. The molecule has 2 heterocycles. The lowest BCUT2D eigenvalue weighted by Gasteiger charge is -2.12. The van der Waals surface area contributed by atoms with E-state index in [1.165, 1.54) is 0 Å². The number of anilines is 1. The number of aromatic nitrogens is 2. The van der Waals surface area contributed by atoms with Gasteiger partial charge in [-0.15, -0.1) is 0 Å². The van der Waals surface area contributed by atoms with Gasteiger partial charge in [0.25, 0.3) is 0 Å². The summed E-state index contributed by atoms with van der Waals surface area (Å²) < 4.78 is 0. The van der Waals surface area contributed by atoms with E-state index in [-0.39, 0.29) is 0 Å². The van der Waals surface area contributed by atoms with Gasteiger partial charge in [-0.1, -0.05) is 17.7 Å². The molecule has 0 fully saturated rings. The van der Waals surface area contributed by atoms with Gasteiger partial charge in [0.1, 0.15) is 11.9 Å². The van der Waals surface area contributed by atoms with E-state index in [0.29, 0.717) is 23.0 Å². The van der Waals surface area contributed by atoms with E-state index in [9.17, 15) is 5.11 Å². The topological polar surface area (TPSA) is 72.0 Å². The minimum absolute atomic E-state index is 0.344. The Hall–Kier alpha value is -1.65. The van der Waals surface area contributed by atoms with Crippen molar-refractivity contribution >= 4 is 17.4 Å². The fourth-order valence-corrected chi connectivity index (χ4v) is 1.82. The summed E-state index contributed by atoms with van der Waals surface area (Å²) in [6.45, 7) is 0. The molecule has 0 aliphatic rings. The largest absolute Gasteiger partial charge is 0.386 e. The number of nitrogens with two attached hydrogens (primary N) is 1. The van der Waals surface area contributed by atoms with Crippen molar-refractivity contribution < 1.29 is 5.11 Å². The fourth-order valence-electron chi connectivity index (χ4n) is 1.57. The summed E-state index contributed by atoms with van der Waals surface area (Å²) in [4.78, 5) is 8.02. The predicted molar refractivity (Wildman–Crippen MR) is 66.6 cm³/mol. The van der Waals surface area contributed by atoms with E-state index in [0.717, 1.165) is 5.56 Å². The molecule has 5 heteroatoms. The van der Waals surface area contributed by atoms with Crippen LogP contribution in [-0.2, 0) is 6.42 Å². The van der Waals surface area contributed by atoms with Crippen LogP contribution in [0.4, 0.5) is 5.82 Å². The van der Waals surface area contributed by atoms with Gasteiger partial charge in [-0.05, 0) is 23.8 Å². The molecule has 2 rings (SSSR count). The summed E-state index contributed by atoms with van der Waals surface area (Å²) in [5, 5.41) is 10.5. The van der Waals surface area contributed by atoms with E-state index in [4.69, 9.17) is 17.3 Å². The molecule has 2 aromatic heterocycles. The third kappa shape index (κ3) is 2.72. The Balaban J connectivity index is 2.20. The lowest BCUT2D eigenvalue weighted by atomic mass is 10.1. The quantitative estimate of drug-likeness (QED) is 0.873. The Morgan fingerprint density at radius 1 is 1.24 bits per heavy atom. The van der Waals surface area contributed by atoms with Crippen molar-refractivity contribution in [2.45, 2.75) is 12.5 Å². The number of rotatable bonds is 3. The number of aliphatic hydroxyl groups excluding tert-OH is 1. The molecule has 0 saturated heterocycles. The number of hydrogen-bond donors (Lipinski definition) is 2. The molecule has 3 N–H and O–H groups in total. The monoisotopic (exact) mass is 249 g/mol. The normalized spacial score (nSPS) is 12.4. The van der Waals surface area contributed by atoms with Crippen molar-refractivity contribution in [1.29, 1.82) is 0 Å². The molecule has 0 bridgehead atoms. The Labute approximate surface area is 104 Å². The zero-order chi connectivity index (χ0) is 12.3. The van der Waals surface area contributed by atoms with Crippen LogP contribution in [0, 0.1) is 0 Å². The summed E-state index contributed by atoms with van der Waals surface area (Å²) in [6, 6.07) is 7.01. The third-order valence-electron chi connectivity index (χ3n) is 2.44. The number of hydrogen-bond acceptors (Lipinski definition) is 4. The van der Waals surface area contributed by atoms with Gasteiger partial charge in [0, 0.05) is 18.8 Å². The molecule has 0 aliphatic heterocycles. The van der Waals surface area contributed by atoms with Crippen LogP contribution < -0.4 is 5.73 Å². The van der Waals surface area contributed by atoms with E-state index in [1.54, 1.807) is 30.6 Å². The van der Waals surface area contributed by atoms with Crippen LogP contribution in [0.3, 0.4) is 0 Å². The Morgan fingerprint density at radius 2 is 1.94 bits per heavy atom. The van der Waals surface area contributed by atoms with Crippen molar-refractivity contribution in [2.24, 2.45) is 0 Å². The average molecular weight is 250 g/mol. The first-order valence-electron chi connectivity index (χ1n) is 5.16. The molecule has 0 spiro atoms. The van der Waals surface area contributed by atoms with Gasteiger partial charge in [-0.3, -0.25) is 4.98 Å². The maximum absolute atomic E-state index is 10.0. The molecule has 0 aromatic carbocycles. The molecule has 0 radical (unpaired) electrons. The number of nitrogens with zero attached hydrogens (tertiary/aromatic N) is 2. The molecule has 2 aromatic rings. The minimum atomic E-state index is -0.782. The summed E-state index contributed by atoms with van der Waals surface area (Å²) in [7, 11) is 0. The molecule has 0 saturated carbocycles. The molecule has 4 nitrogen and oxygen atoms in total. The molecule has 0 aliphatic carbocycles. The zero-order valence-electron chi connectivity index (χ0n) is 9.05. The first kappa shape index (κ1) is 11.8. The standard InChI is InChI=1S/C12H12ClN3O/c13-9-4-2-5-15-11(9)10(17)7-8-3-1-6-16-12(8)14/h1-6,10,17H,7H2,(H2,14,16). The number of nitrogen functional groups attached to an aromatic ring is 1. The maximum atomic E-state index is 10.0. The van der Waals surface area contributed by atoms with E-state index in [2.05, 4.69) is 9.97 Å². The Bertz CT molecular complexity index is 519. The molecule has 1 unspecified atom stereocenters. The highest BCUT2D eigenvalue weighted by Crippen LogP contribution is 2.24. The Morgan fingerprint density at radius 3 is 2.65 bits per heavy atom. The van der Waals surface area contributed by atoms with Crippen LogP contribution in [-0.4, -0.2) is 15.1 Å². The van der Waals surface area contributed by atoms with Crippen LogP contribution in [0.2, 0.25) is 5.02 Å². The maximum Gasteiger partial charge on any atom is 0.126 e. The van der Waals surface area contributed by atoms with Crippen LogP contribution >= 0.6 is 11.6 Å². The van der Waals surface area contributed by atoms with Crippen molar-refractivity contribution in [1.82, 2.24) is 9.97 Å². The highest BCUT2D eigenvalue weighted by molar-refractivity contribution is 6.31. The lowest BCUT2D eigenvalue weighted by molar-refractivity contribution is 0.174. The highest BCUT2D eigenvalue weighted by Gasteiger charge is 2.14. The minimum Gasteiger partial charge on any atom is -0.386 e. The number of halogens is 1. The SMILES string of the molecule is Nc1ncccc1CC(O)c1ncccc1Cl. The van der Waals surface area contributed by atoms with E-state index < -0.39 is 6.10 Å². The summed E-state index contributed by atoms with van der Waals surface area (Å²) in [6.07, 6.45) is 2.77. The van der Waals surface area contributed by atoms with Crippen LogP contribution in [0.5, 0.6) is 0 Å². The smallest absolute Gasteiger partial charge is 0.126 e. The highest BCUT2D eigenvalue weighted by atomic mass is 35.5. The summed E-state index contributed by atoms with van der Waals surface area (Å²) in [5.41, 5.74) is 6.94. The molecule has 17 heavy (non-hydrogen) atoms. The van der Waals surface area contributed by atoms with Crippen molar-refractivity contribution in [3.8, 4) is 0 Å². The first-order valence-corrected chi connectivity index (χ1v) is 5.54. The second-order valence-electron chi connectivity index (χ2n) is 3.64. The molecular weight excluding hydrogens is 238 g/mol. The summed E-state index contributed by atoms with van der Waals surface area (Å²) in [5.74, 6) is 0.415. The van der Waals surface area contributed by atoms with Gasteiger partial charge in [0.05, 0.1) is 10.7 Å². The molecule has 0 amide bonds.